The van der Waals surface area contributed by atoms with E-state index in [0.29, 0.717) is 6.61 Å². The molecule has 0 N–H and O–H groups in total. The van der Waals surface area contributed by atoms with Crippen LogP contribution in [0.2, 0.25) is 0 Å². The Bertz CT molecular complexity index is 76.1. The first kappa shape index (κ1) is 6.12. The summed E-state index contributed by atoms with van der Waals surface area (Å²) in [7, 11) is 0. The zero-order chi connectivity index (χ0) is 5.70. The van der Waals surface area contributed by atoms with E-state index in [1.54, 1.807) is 6.92 Å². The SMILES string of the molecule is [CH+]=CC(=O)OCC. The molecule has 0 unspecified atom stereocenters. The highest BCUT2D eigenvalue weighted by Gasteiger charge is 2.00. The summed E-state index contributed by atoms with van der Waals surface area (Å²) in [4.78, 5) is 10.0. The Kier molecular flexibility index (Phi) is 2.90. The van der Waals surface area contributed by atoms with E-state index in [1.165, 1.54) is 0 Å². The van der Waals surface area contributed by atoms with Crippen molar-refractivity contribution in [3.05, 3.63) is 12.7 Å². The Labute approximate surface area is 42.8 Å². The first-order chi connectivity index (χ1) is 3.31. The van der Waals surface area contributed by atoms with Crippen molar-refractivity contribution in [1.82, 2.24) is 0 Å². The van der Waals surface area contributed by atoms with Gasteiger partial charge in [0.25, 0.3) is 0 Å². The maximum absolute atomic E-state index is 10.0. The van der Waals surface area contributed by atoms with Gasteiger partial charge in [0.1, 0.15) is 6.61 Å². The van der Waals surface area contributed by atoms with Gasteiger partial charge in [-0.1, -0.05) is 0 Å². The van der Waals surface area contributed by atoms with E-state index in [-0.39, 0.29) is 0 Å². The van der Waals surface area contributed by atoms with Crippen LogP contribution in [-0.2, 0) is 9.53 Å². The molecule has 0 spiro atoms. The first-order valence-corrected chi connectivity index (χ1v) is 2.03. The van der Waals surface area contributed by atoms with Gasteiger partial charge in [-0.3, -0.25) is 0 Å². The van der Waals surface area contributed by atoms with E-state index >= 15 is 0 Å². The number of carbonyl (C=O) groups excluding carboxylic acids is 1. The molecule has 0 rings (SSSR count). The predicted octanol–water partition coefficient (Wildman–Crippen LogP) is 0.539. The minimum Gasteiger partial charge on any atom is -0.373 e. The topological polar surface area (TPSA) is 26.3 Å². The molecule has 0 bridgehead atoms. The molecule has 0 aromatic rings. The Morgan fingerprint density at radius 3 is 2.71 bits per heavy atom. The largest absolute Gasteiger partial charge is 0.484 e. The Morgan fingerprint density at radius 2 is 2.57 bits per heavy atom. The van der Waals surface area contributed by atoms with Crippen LogP contribution in [0.4, 0.5) is 0 Å². The lowest BCUT2D eigenvalue weighted by Crippen LogP contribution is -1.97. The van der Waals surface area contributed by atoms with Gasteiger partial charge >= 0.3 is 5.97 Å². The van der Waals surface area contributed by atoms with Gasteiger partial charge in [-0.25, -0.2) is 0 Å². The minimum absolute atomic E-state index is 0.381. The number of hydrogen-bond acceptors (Lipinski definition) is 2. The van der Waals surface area contributed by atoms with Crippen molar-refractivity contribution in [3.63, 3.8) is 0 Å². The Hall–Kier alpha value is -0.880. The lowest BCUT2D eigenvalue weighted by atomic mass is 10.6. The highest BCUT2D eigenvalue weighted by Crippen LogP contribution is 1.74. The number of ether oxygens (including phenoxy) is 1. The second-order valence-corrected chi connectivity index (χ2v) is 0.919. The third-order valence-electron chi connectivity index (χ3n) is 0.423. The van der Waals surface area contributed by atoms with Crippen LogP contribution in [0, 0.1) is 6.58 Å². The van der Waals surface area contributed by atoms with Gasteiger partial charge in [0, 0.05) is 0 Å². The minimum atomic E-state index is -0.470. The molecule has 0 aromatic carbocycles. The number of hydrogen-bond donors (Lipinski definition) is 0. The summed E-state index contributed by atoms with van der Waals surface area (Å²) in [5.41, 5.74) is 0. The lowest BCUT2D eigenvalue weighted by molar-refractivity contribution is -0.137. The average molecular weight is 99.1 g/mol. The van der Waals surface area contributed by atoms with Crippen LogP contribution < -0.4 is 0 Å². The molecule has 0 aliphatic carbocycles. The standard InChI is InChI=1S/C5H7O2/c1-3-5(6)7-4-2/h1,3H,4H2,2H3/q+1. The summed E-state index contributed by atoms with van der Waals surface area (Å²) in [6.45, 7) is 6.86. The molecule has 0 fully saturated rings. The Morgan fingerprint density at radius 1 is 2.00 bits per heavy atom. The van der Waals surface area contributed by atoms with Gasteiger partial charge in [0.05, 0.1) is 6.58 Å². The average Bonchev–Trinajstić information content (AvgIpc) is 1.68. The van der Waals surface area contributed by atoms with Gasteiger partial charge in [0.2, 0.25) is 6.08 Å². The molecule has 38 valence electrons. The molecule has 2 nitrogen and oxygen atoms in total. The fourth-order valence-corrected chi connectivity index (χ4v) is 0.190. The zero-order valence-corrected chi connectivity index (χ0v) is 4.18. The molecule has 0 heterocycles. The van der Waals surface area contributed by atoms with Crippen molar-refractivity contribution in [3.8, 4) is 0 Å². The quantitative estimate of drug-likeness (QED) is 0.287. The van der Waals surface area contributed by atoms with Gasteiger partial charge in [-0.05, 0) is 6.92 Å². The van der Waals surface area contributed by atoms with Crippen molar-refractivity contribution >= 4 is 5.97 Å². The molecule has 0 atom stereocenters. The number of rotatable bonds is 2. The molecule has 0 aliphatic rings. The van der Waals surface area contributed by atoms with Crippen molar-refractivity contribution in [2.45, 2.75) is 6.92 Å². The first-order valence-electron chi connectivity index (χ1n) is 2.03. The van der Waals surface area contributed by atoms with Crippen molar-refractivity contribution in [2.75, 3.05) is 6.61 Å². The normalized spacial score (nSPS) is 7.43. The van der Waals surface area contributed by atoms with E-state index in [2.05, 4.69) is 4.74 Å². The van der Waals surface area contributed by atoms with Crippen LogP contribution >= 0.6 is 0 Å². The maximum Gasteiger partial charge on any atom is 0.484 e. The van der Waals surface area contributed by atoms with Crippen molar-refractivity contribution in [2.24, 2.45) is 0 Å². The van der Waals surface area contributed by atoms with Crippen LogP contribution in [0.1, 0.15) is 6.92 Å². The summed E-state index contributed by atoms with van der Waals surface area (Å²) >= 11 is 0. The van der Waals surface area contributed by atoms with Gasteiger partial charge in [-0.15, -0.1) is 4.79 Å². The van der Waals surface area contributed by atoms with Crippen LogP contribution in [0.15, 0.2) is 6.08 Å². The molecule has 0 aliphatic heterocycles. The molecule has 0 aromatic heterocycles. The molecule has 0 amide bonds. The van der Waals surface area contributed by atoms with Crippen LogP contribution in [0.5, 0.6) is 0 Å². The van der Waals surface area contributed by atoms with Crippen molar-refractivity contribution in [1.29, 1.82) is 0 Å². The highest BCUT2D eigenvalue weighted by atomic mass is 16.5. The molecule has 0 saturated carbocycles. The van der Waals surface area contributed by atoms with Crippen LogP contribution in [0.3, 0.4) is 0 Å². The fraction of sp³-hybridized carbons (Fsp3) is 0.400. The summed E-state index contributed by atoms with van der Waals surface area (Å²) in [5.74, 6) is -0.470. The van der Waals surface area contributed by atoms with E-state index < -0.39 is 5.97 Å². The predicted molar refractivity (Wildman–Crippen MR) is 25.5 cm³/mol. The smallest absolute Gasteiger partial charge is 0.373 e. The zero-order valence-electron chi connectivity index (χ0n) is 4.18. The lowest BCUT2D eigenvalue weighted by Gasteiger charge is -1.81. The second kappa shape index (κ2) is 3.32. The second-order valence-electron chi connectivity index (χ2n) is 0.919. The summed E-state index contributed by atoms with van der Waals surface area (Å²) in [5, 5.41) is 0. The number of carbonyl (C=O) groups is 1. The summed E-state index contributed by atoms with van der Waals surface area (Å²) in [6.07, 6.45) is 0.892. The van der Waals surface area contributed by atoms with E-state index in [9.17, 15) is 4.79 Å². The van der Waals surface area contributed by atoms with E-state index in [4.69, 9.17) is 6.58 Å². The Balaban J connectivity index is 3.17. The van der Waals surface area contributed by atoms with E-state index in [1.807, 2.05) is 0 Å². The molecule has 0 saturated heterocycles. The molecular weight excluding hydrogens is 92.1 g/mol. The van der Waals surface area contributed by atoms with Gasteiger partial charge in [-0.2, -0.15) is 0 Å². The molecule has 0 radical (unpaired) electrons. The van der Waals surface area contributed by atoms with Crippen LogP contribution in [0.25, 0.3) is 0 Å². The van der Waals surface area contributed by atoms with E-state index in [0.717, 1.165) is 6.08 Å². The molecular formula is C5H7O2+. The maximum atomic E-state index is 10.0. The van der Waals surface area contributed by atoms with Crippen LogP contribution in [-0.4, -0.2) is 12.6 Å². The highest BCUT2D eigenvalue weighted by molar-refractivity contribution is 5.80. The van der Waals surface area contributed by atoms with Gasteiger partial charge < -0.3 is 4.74 Å². The molecule has 7 heavy (non-hydrogen) atoms. The van der Waals surface area contributed by atoms with Gasteiger partial charge in [0.15, 0.2) is 0 Å². The molecule has 2 heteroatoms. The fourth-order valence-electron chi connectivity index (χ4n) is 0.190. The summed E-state index contributed by atoms with van der Waals surface area (Å²) < 4.78 is 4.37. The third-order valence-corrected chi connectivity index (χ3v) is 0.423. The third kappa shape index (κ3) is 2.94. The number of esters is 1. The monoisotopic (exact) mass is 99.0 g/mol. The summed E-state index contributed by atoms with van der Waals surface area (Å²) in [6, 6.07) is 0. The van der Waals surface area contributed by atoms with Crippen molar-refractivity contribution < 1.29 is 9.53 Å².